The predicted octanol–water partition coefficient (Wildman–Crippen LogP) is 2.14. The second-order valence-electron chi connectivity index (χ2n) is 5.43. The lowest BCUT2D eigenvalue weighted by atomic mass is 10.0. The van der Waals surface area contributed by atoms with Gasteiger partial charge in [0.2, 0.25) is 0 Å². The van der Waals surface area contributed by atoms with Crippen LogP contribution < -0.4 is 10.1 Å². The molecule has 26 heavy (non-hydrogen) atoms. The van der Waals surface area contributed by atoms with E-state index in [1.807, 2.05) is 0 Å². The van der Waals surface area contributed by atoms with Gasteiger partial charge < -0.3 is 25.0 Å². The van der Waals surface area contributed by atoms with Gasteiger partial charge in [0.05, 0.1) is 29.8 Å². The fourth-order valence-corrected chi connectivity index (χ4v) is 2.22. The molecule has 1 atom stereocenters. The average molecular weight is 370 g/mol. The van der Waals surface area contributed by atoms with Gasteiger partial charge >= 0.3 is 12.1 Å². The number of amides is 1. The summed E-state index contributed by atoms with van der Waals surface area (Å²) < 4.78 is 10.5. The number of aliphatic hydroxyl groups is 1. The summed E-state index contributed by atoms with van der Waals surface area (Å²) in [7, 11) is 1.36. The summed E-state index contributed by atoms with van der Waals surface area (Å²) in [4.78, 5) is 32.5. The first-order valence-corrected chi connectivity index (χ1v) is 7.95. The molecule has 1 aromatic carbocycles. The molecular weight excluding hydrogens is 348 g/mol. The molecule has 1 amide bonds. The highest BCUT2D eigenvalue weighted by atomic mass is 16.6. The van der Waals surface area contributed by atoms with Crippen molar-refractivity contribution in [3.05, 3.63) is 33.4 Å². The third-order valence-corrected chi connectivity index (χ3v) is 3.55. The highest BCUT2D eigenvalue weighted by molar-refractivity contribution is 5.67. The fourth-order valence-electron chi connectivity index (χ4n) is 2.22. The number of hydrogen-bond donors (Lipinski definition) is 3. The quantitative estimate of drug-likeness (QED) is 0.322. The topological polar surface area (TPSA) is 148 Å². The summed E-state index contributed by atoms with van der Waals surface area (Å²) in [6.45, 7) is 1.20. The molecule has 0 aliphatic heterocycles. The lowest BCUT2D eigenvalue weighted by Gasteiger charge is -2.16. The molecule has 1 aromatic rings. The van der Waals surface area contributed by atoms with Gasteiger partial charge in [0, 0.05) is 19.0 Å². The van der Waals surface area contributed by atoms with Crippen LogP contribution in [0.15, 0.2) is 12.1 Å². The normalized spacial score (nSPS) is 11.5. The Hall–Kier alpha value is -2.88. The van der Waals surface area contributed by atoms with Crippen molar-refractivity contribution in [3.63, 3.8) is 0 Å². The van der Waals surface area contributed by atoms with E-state index in [1.54, 1.807) is 0 Å². The molecule has 0 radical (unpaired) electrons. The van der Waals surface area contributed by atoms with Crippen LogP contribution in [-0.4, -0.2) is 40.9 Å². The maximum absolute atomic E-state index is 11.4. The van der Waals surface area contributed by atoms with Crippen LogP contribution in [0.1, 0.15) is 43.4 Å². The van der Waals surface area contributed by atoms with Crippen LogP contribution in [0, 0.1) is 10.1 Å². The van der Waals surface area contributed by atoms with Crippen molar-refractivity contribution in [1.29, 1.82) is 0 Å². The van der Waals surface area contributed by atoms with Gasteiger partial charge in [-0.1, -0.05) is 0 Å². The molecular formula is C16H22N2O8. The Kier molecular flexibility index (Phi) is 8.29. The fraction of sp³-hybridized carbons (Fsp3) is 0.500. The Morgan fingerprint density at radius 2 is 2.04 bits per heavy atom. The minimum Gasteiger partial charge on any atom is -0.493 e. The molecule has 0 aromatic heterocycles. The largest absolute Gasteiger partial charge is 0.493 e. The van der Waals surface area contributed by atoms with Crippen molar-refractivity contribution in [2.45, 2.75) is 38.9 Å². The molecule has 144 valence electrons. The van der Waals surface area contributed by atoms with Crippen molar-refractivity contribution >= 4 is 17.7 Å². The number of rotatable bonds is 10. The molecule has 1 unspecified atom stereocenters. The first-order valence-electron chi connectivity index (χ1n) is 7.95. The number of unbranched alkanes of at least 4 members (excludes halogenated alkanes) is 1. The van der Waals surface area contributed by atoms with Gasteiger partial charge in [-0.3, -0.25) is 14.9 Å². The van der Waals surface area contributed by atoms with Crippen molar-refractivity contribution < 1.29 is 34.2 Å². The van der Waals surface area contributed by atoms with Gasteiger partial charge in [-0.05, 0) is 25.8 Å². The molecule has 0 spiro atoms. The van der Waals surface area contributed by atoms with Crippen LogP contribution in [0.4, 0.5) is 10.5 Å². The first-order chi connectivity index (χ1) is 12.3. The number of carboxylic acid groups (broad SMARTS) is 1. The van der Waals surface area contributed by atoms with E-state index in [-0.39, 0.29) is 30.0 Å². The Bertz CT molecular complexity index is 662. The van der Waals surface area contributed by atoms with Gasteiger partial charge in [0.15, 0.2) is 0 Å². The molecule has 3 N–H and O–H groups in total. The van der Waals surface area contributed by atoms with Gasteiger partial charge in [-0.2, -0.15) is 0 Å². The summed E-state index contributed by atoms with van der Waals surface area (Å²) in [5.41, 5.74) is 0.121. The Balaban J connectivity index is 2.99. The molecule has 0 bridgehead atoms. The van der Waals surface area contributed by atoms with Crippen LogP contribution in [0.25, 0.3) is 0 Å². The number of nitro groups is 1. The first kappa shape index (κ1) is 21.2. The zero-order valence-corrected chi connectivity index (χ0v) is 14.6. The van der Waals surface area contributed by atoms with E-state index in [9.17, 15) is 24.8 Å². The van der Waals surface area contributed by atoms with Crippen LogP contribution in [-0.2, 0) is 16.1 Å². The summed E-state index contributed by atoms with van der Waals surface area (Å²) in [6.07, 6.45) is -0.797. The summed E-state index contributed by atoms with van der Waals surface area (Å²) in [5.74, 6) is -0.781. The van der Waals surface area contributed by atoms with Crippen LogP contribution >= 0.6 is 0 Å². The molecule has 0 aliphatic carbocycles. The van der Waals surface area contributed by atoms with Gasteiger partial charge in [0.25, 0.3) is 5.69 Å². The number of nitro benzene ring substituents is 1. The van der Waals surface area contributed by atoms with Gasteiger partial charge in [-0.15, -0.1) is 0 Å². The molecule has 10 nitrogen and oxygen atoms in total. The van der Waals surface area contributed by atoms with Crippen LogP contribution in [0.5, 0.6) is 5.75 Å². The molecule has 10 heteroatoms. The van der Waals surface area contributed by atoms with E-state index in [4.69, 9.17) is 14.6 Å². The van der Waals surface area contributed by atoms with Crippen LogP contribution in [0.2, 0.25) is 0 Å². The van der Waals surface area contributed by atoms with Crippen molar-refractivity contribution in [2.24, 2.45) is 0 Å². The average Bonchev–Trinajstić information content (AvgIpc) is 2.60. The van der Waals surface area contributed by atoms with Gasteiger partial charge in [0.1, 0.15) is 11.9 Å². The Labute approximate surface area is 149 Å². The number of aliphatic carboxylic acids is 1. The minimum absolute atomic E-state index is 0.00362. The third kappa shape index (κ3) is 6.20. The smallest absolute Gasteiger partial charge is 0.407 e. The summed E-state index contributed by atoms with van der Waals surface area (Å²) in [5, 5.41) is 31.7. The predicted molar refractivity (Wildman–Crippen MR) is 90.0 cm³/mol. The van der Waals surface area contributed by atoms with Gasteiger partial charge in [-0.25, -0.2) is 4.79 Å². The molecule has 0 saturated heterocycles. The van der Waals surface area contributed by atoms with E-state index in [1.165, 1.54) is 26.1 Å². The molecule has 0 fully saturated rings. The number of alkyl carbamates (subject to hydrolysis) is 1. The number of carbonyl (C=O) groups excluding carboxylic acids is 1. The maximum Gasteiger partial charge on any atom is 0.407 e. The number of hydrogen-bond acceptors (Lipinski definition) is 7. The number of aliphatic hydroxyl groups excluding tert-OH is 1. The lowest BCUT2D eigenvalue weighted by Crippen LogP contribution is -2.21. The third-order valence-electron chi connectivity index (χ3n) is 3.55. The highest BCUT2D eigenvalue weighted by Gasteiger charge is 2.25. The van der Waals surface area contributed by atoms with Crippen molar-refractivity contribution in [3.8, 4) is 5.75 Å². The molecule has 0 heterocycles. The number of carboxylic acids is 1. The second kappa shape index (κ2) is 10.2. The second-order valence-corrected chi connectivity index (χ2v) is 5.43. The highest BCUT2D eigenvalue weighted by Crippen LogP contribution is 2.34. The van der Waals surface area contributed by atoms with Crippen molar-refractivity contribution in [2.75, 3.05) is 13.7 Å². The molecule has 0 aliphatic rings. The number of benzene rings is 1. The monoisotopic (exact) mass is 370 g/mol. The molecule has 1 rings (SSSR count). The Morgan fingerprint density at radius 1 is 1.35 bits per heavy atom. The van der Waals surface area contributed by atoms with E-state index >= 15 is 0 Å². The zero-order chi connectivity index (χ0) is 19.7. The van der Waals surface area contributed by atoms with Crippen molar-refractivity contribution in [1.82, 2.24) is 5.32 Å². The number of nitrogens with one attached hydrogen (secondary N) is 1. The number of carbonyl (C=O) groups is 2. The van der Waals surface area contributed by atoms with E-state index in [0.29, 0.717) is 18.4 Å². The standard InChI is InChI=1S/C16H22N2O8/c1-10(26-16(22)17-2)12-7-11(9-19)14(8-13(12)18(23)24)25-6-4-3-5-15(20)21/h7-8,10,19H,3-6,9H2,1-2H3,(H,17,22)(H,20,21). The zero-order valence-electron chi connectivity index (χ0n) is 14.6. The van der Waals surface area contributed by atoms with E-state index < -0.39 is 29.7 Å². The SMILES string of the molecule is CNC(=O)OC(C)c1cc(CO)c(OCCCCC(=O)O)cc1[N+](=O)[O-]. The van der Waals surface area contributed by atoms with Crippen LogP contribution in [0.3, 0.4) is 0 Å². The molecule has 0 saturated carbocycles. The summed E-state index contributed by atoms with van der Waals surface area (Å²) in [6, 6.07) is 2.53. The Morgan fingerprint density at radius 3 is 2.58 bits per heavy atom. The number of ether oxygens (including phenoxy) is 2. The van der Waals surface area contributed by atoms with E-state index in [2.05, 4.69) is 5.32 Å². The number of nitrogens with zero attached hydrogens (tertiary/aromatic N) is 1. The minimum atomic E-state index is -0.912. The lowest BCUT2D eigenvalue weighted by molar-refractivity contribution is -0.386. The maximum atomic E-state index is 11.4. The van der Waals surface area contributed by atoms with E-state index in [0.717, 1.165) is 0 Å². The summed E-state index contributed by atoms with van der Waals surface area (Å²) >= 11 is 0.